The van der Waals surface area contributed by atoms with Gasteiger partial charge in [0.1, 0.15) is 11.4 Å². The average Bonchev–Trinajstić information content (AvgIpc) is 2.88. The Morgan fingerprint density at radius 1 is 1.33 bits per heavy atom. The van der Waals surface area contributed by atoms with Crippen LogP contribution in [-0.4, -0.2) is 28.0 Å². The topological polar surface area (TPSA) is 104 Å². The normalized spacial score (nSPS) is 10.9. The molecule has 8 heteroatoms. The molecule has 0 aliphatic rings. The Morgan fingerprint density at radius 2 is 2.08 bits per heavy atom. The summed E-state index contributed by atoms with van der Waals surface area (Å²) in [5, 5.41) is 0.326. The lowest BCUT2D eigenvalue weighted by Crippen LogP contribution is -2.26. The van der Waals surface area contributed by atoms with Crippen LogP contribution in [0.5, 0.6) is 0 Å². The minimum atomic E-state index is -0.590. The molecule has 0 spiro atoms. The molecule has 0 bridgehead atoms. The number of esters is 1. The molecule has 0 radical (unpaired) electrons. The van der Waals surface area contributed by atoms with Gasteiger partial charge in [0.2, 0.25) is 0 Å². The lowest BCUT2D eigenvalue weighted by Gasteiger charge is -2.06. The maximum absolute atomic E-state index is 12.5. The number of hydrogen-bond donors (Lipinski definition) is 1. The standard InChI is InChI=1S/C16H21N3O4S/c1-3-4-5-6-7-23-11(20)8-19-9-18-15-12(16(19)22)10(2)13(24-15)14(17)21/h9H,3-8H2,1-2H3,(H2,17,21). The highest BCUT2D eigenvalue weighted by Crippen LogP contribution is 2.26. The van der Waals surface area contributed by atoms with Gasteiger partial charge in [0.15, 0.2) is 0 Å². The van der Waals surface area contributed by atoms with E-state index in [0.717, 1.165) is 37.0 Å². The van der Waals surface area contributed by atoms with E-state index in [0.29, 0.717) is 27.3 Å². The Labute approximate surface area is 143 Å². The molecular weight excluding hydrogens is 330 g/mol. The molecule has 24 heavy (non-hydrogen) atoms. The number of thiophene rings is 1. The van der Waals surface area contributed by atoms with Crippen molar-refractivity contribution in [3.63, 3.8) is 0 Å². The monoisotopic (exact) mass is 351 g/mol. The molecule has 2 heterocycles. The first-order valence-electron chi connectivity index (χ1n) is 7.89. The summed E-state index contributed by atoms with van der Waals surface area (Å²) < 4.78 is 6.33. The van der Waals surface area contributed by atoms with Crippen molar-refractivity contribution >= 4 is 33.4 Å². The van der Waals surface area contributed by atoms with Crippen LogP contribution >= 0.6 is 11.3 Å². The van der Waals surface area contributed by atoms with E-state index in [1.807, 2.05) is 0 Å². The second-order valence-corrected chi connectivity index (χ2v) is 6.56. The van der Waals surface area contributed by atoms with Crippen LogP contribution in [0.3, 0.4) is 0 Å². The van der Waals surface area contributed by atoms with Gasteiger partial charge in [-0.1, -0.05) is 26.2 Å². The molecule has 0 aromatic carbocycles. The third kappa shape index (κ3) is 4.00. The number of amides is 1. The summed E-state index contributed by atoms with van der Waals surface area (Å²) in [6, 6.07) is 0. The number of ether oxygens (including phenoxy) is 1. The van der Waals surface area contributed by atoms with Crippen molar-refractivity contribution in [2.45, 2.75) is 46.1 Å². The van der Waals surface area contributed by atoms with E-state index >= 15 is 0 Å². The van der Waals surface area contributed by atoms with E-state index in [1.54, 1.807) is 6.92 Å². The van der Waals surface area contributed by atoms with E-state index in [4.69, 9.17) is 10.5 Å². The second kappa shape index (κ2) is 8.05. The quantitative estimate of drug-likeness (QED) is 0.578. The lowest BCUT2D eigenvalue weighted by atomic mass is 10.2. The van der Waals surface area contributed by atoms with Crippen LogP contribution < -0.4 is 11.3 Å². The zero-order valence-electron chi connectivity index (χ0n) is 13.8. The number of carbonyl (C=O) groups excluding carboxylic acids is 2. The molecule has 2 N–H and O–H groups in total. The minimum absolute atomic E-state index is 0.198. The van der Waals surface area contributed by atoms with Gasteiger partial charge < -0.3 is 10.5 Å². The van der Waals surface area contributed by atoms with Crippen molar-refractivity contribution in [1.29, 1.82) is 0 Å². The van der Waals surface area contributed by atoms with Crippen molar-refractivity contribution in [2.24, 2.45) is 5.73 Å². The molecule has 0 saturated heterocycles. The predicted octanol–water partition coefficient (Wildman–Crippen LogP) is 1.99. The van der Waals surface area contributed by atoms with Crippen molar-refractivity contribution < 1.29 is 14.3 Å². The van der Waals surface area contributed by atoms with Crippen molar-refractivity contribution in [3.05, 3.63) is 27.1 Å². The first kappa shape index (κ1) is 18.1. The fraction of sp³-hybridized carbons (Fsp3) is 0.500. The maximum atomic E-state index is 12.5. The van der Waals surface area contributed by atoms with Crippen LogP contribution in [0.2, 0.25) is 0 Å². The molecule has 0 aliphatic heterocycles. The number of primary amides is 1. The van der Waals surface area contributed by atoms with Crippen LogP contribution in [0.25, 0.3) is 10.2 Å². The molecule has 2 aromatic heterocycles. The molecule has 0 aliphatic carbocycles. The van der Waals surface area contributed by atoms with Gasteiger partial charge in [0, 0.05) is 0 Å². The summed E-state index contributed by atoms with van der Waals surface area (Å²) in [7, 11) is 0. The first-order chi connectivity index (χ1) is 11.5. The lowest BCUT2D eigenvalue weighted by molar-refractivity contribution is -0.144. The average molecular weight is 351 g/mol. The number of fused-ring (bicyclic) bond motifs is 1. The smallest absolute Gasteiger partial charge is 0.326 e. The number of rotatable bonds is 8. The molecule has 2 rings (SSSR count). The summed E-state index contributed by atoms with van der Waals surface area (Å²) >= 11 is 1.08. The fourth-order valence-electron chi connectivity index (χ4n) is 2.41. The number of hydrogen-bond acceptors (Lipinski definition) is 6. The third-order valence-corrected chi connectivity index (χ3v) is 4.92. The van der Waals surface area contributed by atoms with E-state index in [1.165, 1.54) is 10.9 Å². The molecule has 1 amide bonds. The third-order valence-electron chi connectivity index (χ3n) is 3.70. The number of carbonyl (C=O) groups is 2. The van der Waals surface area contributed by atoms with Crippen molar-refractivity contribution in [1.82, 2.24) is 9.55 Å². The SMILES string of the molecule is CCCCCCOC(=O)Cn1cnc2sc(C(N)=O)c(C)c2c1=O. The minimum Gasteiger partial charge on any atom is -0.464 e. The molecule has 0 fully saturated rings. The van der Waals surface area contributed by atoms with Gasteiger partial charge >= 0.3 is 5.97 Å². The van der Waals surface area contributed by atoms with Crippen molar-refractivity contribution in [3.8, 4) is 0 Å². The molecular formula is C16H21N3O4S. The van der Waals surface area contributed by atoms with Crippen LogP contribution in [0.1, 0.15) is 47.8 Å². The van der Waals surface area contributed by atoms with Crippen LogP contribution in [-0.2, 0) is 16.1 Å². The van der Waals surface area contributed by atoms with E-state index in [2.05, 4.69) is 11.9 Å². The number of aryl methyl sites for hydroxylation is 1. The van der Waals surface area contributed by atoms with Gasteiger partial charge in [-0.3, -0.25) is 19.0 Å². The highest BCUT2D eigenvalue weighted by Gasteiger charge is 2.18. The summed E-state index contributed by atoms with van der Waals surface area (Å²) in [5.74, 6) is -1.06. The number of aromatic nitrogens is 2. The highest BCUT2D eigenvalue weighted by atomic mass is 32.1. The van der Waals surface area contributed by atoms with Gasteiger partial charge in [0.05, 0.1) is 23.2 Å². The zero-order valence-corrected chi connectivity index (χ0v) is 14.6. The maximum Gasteiger partial charge on any atom is 0.326 e. The fourth-order valence-corrected chi connectivity index (χ4v) is 3.40. The number of nitrogens with zero attached hydrogens (tertiary/aromatic N) is 2. The van der Waals surface area contributed by atoms with E-state index in [-0.39, 0.29) is 12.1 Å². The Bertz CT molecular complexity index is 809. The number of nitrogens with two attached hydrogens (primary N) is 1. The predicted molar refractivity (Wildman–Crippen MR) is 92.2 cm³/mol. The zero-order chi connectivity index (χ0) is 17.7. The summed E-state index contributed by atoms with van der Waals surface area (Å²) in [5.41, 5.74) is 5.43. The van der Waals surface area contributed by atoms with Crippen LogP contribution in [0.15, 0.2) is 11.1 Å². The molecule has 0 saturated carbocycles. The van der Waals surface area contributed by atoms with Crippen LogP contribution in [0.4, 0.5) is 0 Å². The summed E-state index contributed by atoms with van der Waals surface area (Å²) in [6.07, 6.45) is 5.35. The first-order valence-corrected chi connectivity index (χ1v) is 8.71. The van der Waals surface area contributed by atoms with Gasteiger partial charge in [-0.25, -0.2) is 4.98 Å². The Kier molecular flexibility index (Phi) is 6.08. The summed E-state index contributed by atoms with van der Waals surface area (Å²) in [6.45, 7) is 3.92. The second-order valence-electron chi connectivity index (χ2n) is 5.56. The summed E-state index contributed by atoms with van der Waals surface area (Å²) in [4.78, 5) is 40.6. The van der Waals surface area contributed by atoms with E-state index in [9.17, 15) is 14.4 Å². The number of unbranched alkanes of at least 4 members (excludes halogenated alkanes) is 3. The Morgan fingerprint density at radius 3 is 2.75 bits per heavy atom. The Balaban J connectivity index is 2.11. The van der Waals surface area contributed by atoms with Gasteiger partial charge in [-0.2, -0.15) is 0 Å². The Hall–Kier alpha value is -2.22. The molecule has 2 aromatic rings. The highest BCUT2D eigenvalue weighted by molar-refractivity contribution is 7.20. The molecule has 0 unspecified atom stereocenters. The van der Waals surface area contributed by atoms with Crippen molar-refractivity contribution in [2.75, 3.05) is 6.61 Å². The van der Waals surface area contributed by atoms with Gasteiger partial charge in [-0.15, -0.1) is 11.3 Å². The molecule has 0 atom stereocenters. The molecule has 130 valence electrons. The van der Waals surface area contributed by atoms with Gasteiger partial charge in [-0.05, 0) is 18.9 Å². The molecule has 7 nitrogen and oxygen atoms in total. The van der Waals surface area contributed by atoms with Gasteiger partial charge in [0.25, 0.3) is 11.5 Å². The van der Waals surface area contributed by atoms with Crippen LogP contribution in [0, 0.1) is 6.92 Å². The van der Waals surface area contributed by atoms with E-state index < -0.39 is 11.9 Å². The largest absolute Gasteiger partial charge is 0.464 e.